The van der Waals surface area contributed by atoms with Gasteiger partial charge in [0.25, 0.3) is 5.91 Å². The van der Waals surface area contributed by atoms with E-state index in [4.69, 9.17) is 4.74 Å². The van der Waals surface area contributed by atoms with E-state index in [9.17, 15) is 9.59 Å². The van der Waals surface area contributed by atoms with Crippen molar-refractivity contribution in [3.63, 3.8) is 0 Å². The highest BCUT2D eigenvalue weighted by Gasteiger charge is 2.19. The molecule has 0 spiro atoms. The summed E-state index contributed by atoms with van der Waals surface area (Å²) in [6.07, 6.45) is 1.03. The quantitative estimate of drug-likeness (QED) is 0.634. The van der Waals surface area contributed by atoms with Crippen molar-refractivity contribution < 1.29 is 14.3 Å². The van der Waals surface area contributed by atoms with Crippen LogP contribution < -0.4 is 5.32 Å². The summed E-state index contributed by atoms with van der Waals surface area (Å²) < 4.78 is 6.18. The largest absolute Gasteiger partial charge is 0.452 e. The molecular formula is C19H17BrN2O3. The number of carbonyl (C=O) groups is 2. The average Bonchev–Trinajstić information content (AvgIpc) is 3.00. The van der Waals surface area contributed by atoms with Gasteiger partial charge in [-0.3, -0.25) is 9.59 Å². The van der Waals surface area contributed by atoms with Crippen LogP contribution in [-0.4, -0.2) is 23.0 Å². The topological polar surface area (TPSA) is 71.2 Å². The van der Waals surface area contributed by atoms with Crippen molar-refractivity contribution in [2.24, 2.45) is 0 Å². The van der Waals surface area contributed by atoms with Crippen LogP contribution >= 0.6 is 15.9 Å². The lowest BCUT2D eigenvalue weighted by atomic mass is 10.1. The number of nitrogens with one attached hydrogen (secondary N) is 2. The molecule has 2 aromatic carbocycles. The van der Waals surface area contributed by atoms with E-state index in [1.165, 1.54) is 0 Å². The third kappa shape index (κ3) is 4.28. The number of carbonyl (C=O) groups excluding carboxylic acids is 2. The van der Waals surface area contributed by atoms with Crippen molar-refractivity contribution in [2.75, 3.05) is 5.32 Å². The van der Waals surface area contributed by atoms with E-state index in [0.29, 0.717) is 5.69 Å². The van der Waals surface area contributed by atoms with Gasteiger partial charge >= 0.3 is 5.97 Å². The molecule has 1 amide bonds. The van der Waals surface area contributed by atoms with Crippen molar-refractivity contribution in [3.05, 3.63) is 64.8 Å². The maximum atomic E-state index is 12.1. The van der Waals surface area contributed by atoms with Gasteiger partial charge in [-0.1, -0.05) is 34.1 Å². The predicted octanol–water partition coefficient (Wildman–Crippen LogP) is 4.04. The fourth-order valence-electron chi connectivity index (χ4n) is 2.50. The van der Waals surface area contributed by atoms with Crippen LogP contribution in [0.15, 0.2) is 59.2 Å². The molecule has 0 radical (unpaired) electrons. The molecule has 3 rings (SSSR count). The standard InChI is InChI=1S/C19H17BrN2O3/c1-12(19(24)22-15-8-6-14(20)7-9-15)25-18(23)10-13-11-21-17-5-3-2-4-16(13)17/h2-9,11-12,21H,10H2,1H3,(H,22,24)/t12-/m0/s1. The zero-order valence-corrected chi connectivity index (χ0v) is 15.2. The van der Waals surface area contributed by atoms with Gasteiger partial charge in [0.05, 0.1) is 6.42 Å². The van der Waals surface area contributed by atoms with Gasteiger partial charge in [-0.15, -0.1) is 0 Å². The molecule has 128 valence electrons. The van der Waals surface area contributed by atoms with Gasteiger partial charge in [0.1, 0.15) is 0 Å². The minimum atomic E-state index is -0.874. The number of benzene rings is 2. The number of hydrogen-bond donors (Lipinski definition) is 2. The fraction of sp³-hybridized carbons (Fsp3) is 0.158. The van der Waals surface area contributed by atoms with E-state index >= 15 is 0 Å². The van der Waals surface area contributed by atoms with Crippen LogP contribution in [0.4, 0.5) is 5.69 Å². The van der Waals surface area contributed by atoms with E-state index in [0.717, 1.165) is 20.9 Å². The summed E-state index contributed by atoms with van der Waals surface area (Å²) in [6.45, 7) is 1.56. The number of fused-ring (bicyclic) bond motifs is 1. The van der Waals surface area contributed by atoms with Crippen molar-refractivity contribution >= 4 is 44.4 Å². The third-order valence-electron chi connectivity index (χ3n) is 3.80. The molecule has 2 N–H and O–H groups in total. The van der Waals surface area contributed by atoms with Gasteiger partial charge < -0.3 is 15.0 Å². The monoisotopic (exact) mass is 400 g/mol. The third-order valence-corrected chi connectivity index (χ3v) is 4.33. The van der Waals surface area contributed by atoms with E-state index in [-0.39, 0.29) is 12.3 Å². The molecule has 6 heteroatoms. The molecule has 0 saturated carbocycles. The molecule has 3 aromatic rings. The molecule has 0 unspecified atom stereocenters. The molecule has 0 bridgehead atoms. The van der Waals surface area contributed by atoms with Gasteiger partial charge in [0.15, 0.2) is 6.10 Å². The van der Waals surface area contributed by atoms with E-state index < -0.39 is 12.1 Å². The van der Waals surface area contributed by atoms with Crippen molar-refractivity contribution in [1.82, 2.24) is 4.98 Å². The number of halogens is 1. The molecule has 1 aromatic heterocycles. The smallest absolute Gasteiger partial charge is 0.311 e. The predicted molar refractivity (Wildman–Crippen MR) is 100 cm³/mol. The number of rotatable bonds is 5. The number of aromatic nitrogens is 1. The van der Waals surface area contributed by atoms with Crippen LogP contribution in [0.2, 0.25) is 0 Å². The average molecular weight is 401 g/mol. The van der Waals surface area contributed by atoms with Gasteiger partial charge in [0, 0.05) is 27.3 Å². The summed E-state index contributed by atoms with van der Waals surface area (Å²) in [5.41, 5.74) is 2.46. The Labute approximate surface area is 153 Å². The molecular weight excluding hydrogens is 384 g/mol. The number of amides is 1. The molecule has 5 nitrogen and oxygen atoms in total. The van der Waals surface area contributed by atoms with Crippen LogP contribution in [0.5, 0.6) is 0 Å². The molecule has 1 atom stereocenters. The molecule has 0 fully saturated rings. The lowest BCUT2D eigenvalue weighted by Gasteiger charge is -2.13. The first-order valence-electron chi connectivity index (χ1n) is 7.84. The summed E-state index contributed by atoms with van der Waals surface area (Å²) in [6, 6.07) is 14.9. The summed E-state index contributed by atoms with van der Waals surface area (Å²) in [4.78, 5) is 27.4. The summed E-state index contributed by atoms with van der Waals surface area (Å²) in [5, 5.41) is 3.70. The Morgan fingerprint density at radius 3 is 2.64 bits per heavy atom. The number of hydrogen-bond acceptors (Lipinski definition) is 3. The normalized spacial score (nSPS) is 11.9. The van der Waals surface area contributed by atoms with E-state index in [2.05, 4.69) is 26.2 Å². The minimum Gasteiger partial charge on any atom is -0.452 e. The Hall–Kier alpha value is -2.60. The minimum absolute atomic E-state index is 0.111. The van der Waals surface area contributed by atoms with Gasteiger partial charge in [-0.05, 0) is 42.8 Å². The van der Waals surface area contributed by atoms with Crippen LogP contribution in [-0.2, 0) is 20.7 Å². The van der Waals surface area contributed by atoms with Crippen LogP contribution in [0.25, 0.3) is 10.9 Å². The second-order valence-corrected chi connectivity index (χ2v) is 6.58. The van der Waals surface area contributed by atoms with Crippen molar-refractivity contribution in [3.8, 4) is 0 Å². The lowest BCUT2D eigenvalue weighted by molar-refractivity contribution is -0.152. The molecule has 1 heterocycles. The number of esters is 1. The second kappa shape index (κ2) is 7.53. The van der Waals surface area contributed by atoms with Crippen LogP contribution in [0, 0.1) is 0 Å². The Morgan fingerprint density at radius 2 is 1.88 bits per heavy atom. The highest BCUT2D eigenvalue weighted by molar-refractivity contribution is 9.10. The van der Waals surface area contributed by atoms with Crippen LogP contribution in [0.1, 0.15) is 12.5 Å². The Morgan fingerprint density at radius 1 is 1.16 bits per heavy atom. The summed E-state index contributed by atoms with van der Waals surface area (Å²) in [5.74, 6) is -0.808. The number of aromatic amines is 1. The zero-order chi connectivity index (χ0) is 17.8. The molecule has 25 heavy (non-hydrogen) atoms. The van der Waals surface area contributed by atoms with E-state index in [1.807, 2.05) is 36.4 Å². The Balaban J connectivity index is 1.58. The van der Waals surface area contributed by atoms with Crippen molar-refractivity contribution in [1.29, 1.82) is 0 Å². The molecule has 0 aliphatic heterocycles. The Bertz CT molecular complexity index is 902. The highest BCUT2D eigenvalue weighted by Crippen LogP contribution is 2.19. The Kier molecular flexibility index (Phi) is 5.19. The summed E-state index contributed by atoms with van der Waals surface area (Å²) >= 11 is 3.33. The highest BCUT2D eigenvalue weighted by atomic mass is 79.9. The zero-order valence-electron chi connectivity index (χ0n) is 13.6. The van der Waals surface area contributed by atoms with Gasteiger partial charge in [-0.25, -0.2) is 0 Å². The molecule has 0 aliphatic carbocycles. The fourth-order valence-corrected chi connectivity index (χ4v) is 2.77. The first kappa shape index (κ1) is 17.2. The summed E-state index contributed by atoms with van der Waals surface area (Å²) in [7, 11) is 0. The molecule has 0 aliphatic rings. The van der Waals surface area contributed by atoms with Crippen molar-refractivity contribution in [2.45, 2.75) is 19.4 Å². The maximum Gasteiger partial charge on any atom is 0.311 e. The number of anilines is 1. The van der Waals surface area contributed by atoms with Gasteiger partial charge in [0.2, 0.25) is 0 Å². The van der Waals surface area contributed by atoms with Gasteiger partial charge in [-0.2, -0.15) is 0 Å². The SMILES string of the molecule is C[C@H](OC(=O)Cc1c[nH]c2ccccc12)C(=O)Nc1ccc(Br)cc1. The second-order valence-electron chi connectivity index (χ2n) is 5.66. The van der Waals surface area contributed by atoms with Crippen LogP contribution in [0.3, 0.4) is 0 Å². The lowest BCUT2D eigenvalue weighted by Crippen LogP contribution is -2.30. The van der Waals surface area contributed by atoms with E-state index in [1.54, 1.807) is 25.3 Å². The number of H-pyrrole nitrogens is 1. The first-order chi connectivity index (χ1) is 12.0. The number of para-hydroxylation sites is 1. The molecule has 0 saturated heterocycles. The maximum absolute atomic E-state index is 12.1. The number of ether oxygens (including phenoxy) is 1. The first-order valence-corrected chi connectivity index (χ1v) is 8.63.